The van der Waals surface area contributed by atoms with Gasteiger partial charge in [-0.1, -0.05) is 0 Å². The molecule has 2 aromatic heterocycles. The molecule has 2 heterocycles. The first kappa shape index (κ1) is 7.72. The van der Waals surface area contributed by atoms with Crippen molar-refractivity contribution in [2.75, 3.05) is 0 Å². The summed E-state index contributed by atoms with van der Waals surface area (Å²) in [4.78, 5) is 14.7. The number of nitrogens with zero attached hydrogens (tertiary/aromatic N) is 3. The fourth-order valence-corrected chi connectivity index (χ4v) is 0.895. The number of aromatic amines is 1. The van der Waals surface area contributed by atoms with Crippen molar-refractivity contribution in [3.8, 4) is 11.9 Å². The number of hydrogen-bond donors (Lipinski definition) is 1. The summed E-state index contributed by atoms with van der Waals surface area (Å²) in [7, 11) is 0. The smallest absolute Gasteiger partial charge is 0.300 e. The fraction of sp³-hybridized carbons (Fsp3) is 0.125. The van der Waals surface area contributed by atoms with Crippen LogP contribution >= 0.6 is 0 Å². The van der Waals surface area contributed by atoms with Crippen molar-refractivity contribution in [1.29, 1.82) is 0 Å². The van der Waals surface area contributed by atoms with Crippen molar-refractivity contribution in [3.05, 3.63) is 30.5 Å². The highest BCUT2D eigenvalue weighted by Crippen LogP contribution is 2.12. The summed E-state index contributed by atoms with van der Waals surface area (Å²) in [5, 5.41) is 0. The molecular weight excluding hydrogens is 168 g/mol. The third-order valence-corrected chi connectivity index (χ3v) is 1.41. The van der Waals surface area contributed by atoms with E-state index in [0.29, 0.717) is 11.9 Å². The number of aromatic nitrogens is 4. The highest BCUT2D eigenvalue weighted by Gasteiger charge is 1.99. The maximum atomic E-state index is 5.26. The second-order valence-corrected chi connectivity index (χ2v) is 2.50. The first-order chi connectivity index (χ1) is 6.34. The number of imidazole rings is 1. The Hall–Kier alpha value is -1.91. The van der Waals surface area contributed by atoms with Crippen LogP contribution < -0.4 is 4.74 Å². The first-order valence-electron chi connectivity index (χ1n) is 3.80. The van der Waals surface area contributed by atoms with E-state index in [4.69, 9.17) is 4.74 Å². The number of nitrogens with one attached hydrogen (secondary N) is 1. The van der Waals surface area contributed by atoms with E-state index >= 15 is 0 Å². The fourth-order valence-electron chi connectivity index (χ4n) is 0.895. The standard InChI is InChI=1S/C8H8N4O/c1-6-4-9-5-7(12-6)13-8-10-2-3-11-8/h2-5H,1H3,(H,10,11). The minimum Gasteiger partial charge on any atom is -0.405 e. The minimum atomic E-state index is 0.417. The van der Waals surface area contributed by atoms with Crippen LogP contribution in [0.4, 0.5) is 0 Å². The van der Waals surface area contributed by atoms with E-state index in [1.165, 1.54) is 6.20 Å². The molecule has 13 heavy (non-hydrogen) atoms. The molecule has 0 atom stereocenters. The SMILES string of the molecule is Cc1cncc(Oc2ncc[nH]2)n1. The lowest BCUT2D eigenvalue weighted by molar-refractivity contribution is 0.427. The Kier molecular flexibility index (Phi) is 1.91. The van der Waals surface area contributed by atoms with Gasteiger partial charge in [0, 0.05) is 18.6 Å². The highest BCUT2D eigenvalue weighted by molar-refractivity contribution is 5.12. The second kappa shape index (κ2) is 3.22. The summed E-state index contributed by atoms with van der Waals surface area (Å²) in [5.41, 5.74) is 0.809. The molecule has 5 heteroatoms. The summed E-state index contributed by atoms with van der Waals surface area (Å²) in [6, 6.07) is 0.417. The Labute approximate surface area is 74.8 Å². The highest BCUT2D eigenvalue weighted by atomic mass is 16.5. The van der Waals surface area contributed by atoms with Crippen molar-refractivity contribution in [1.82, 2.24) is 19.9 Å². The molecule has 0 aromatic carbocycles. The van der Waals surface area contributed by atoms with E-state index in [-0.39, 0.29) is 0 Å². The monoisotopic (exact) mass is 176 g/mol. The molecule has 2 aromatic rings. The Balaban J connectivity index is 2.19. The summed E-state index contributed by atoms with van der Waals surface area (Å²) in [6.45, 7) is 1.85. The van der Waals surface area contributed by atoms with Crippen molar-refractivity contribution >= 4 is 0 Å². The van der Waals surface area contributed by atoms with E-state index in [0.717, 1.165) is 5.69 Å². The molecule has 2 rings (SSSR count). The summed E-state index contributed by atoms with van der Waals surface area (Å²) in [5.74, 6) is 0.440. The third kappa shape index (κ3) is 1.81. The van der Waals surface area contributed by atoms with Crippen LogP contribution in [0.25, 0.3) is 0 Å². The van der Waals surface area contributed by atoms with Crippen molar-refractivity contribution < 1.29 is 4.74 Å². The van der Waals surface area contributed by atoms with Crippen LogP contribution in [0.3, 0.4) is 0 Å². The molecule has 0 amide bonds. The zero-order chi connectivity index (χ0) is 9.10. The molecule has 5 nitrogen and oxygen atoms in total. The van der Waals surface area contributed by atoms with Gasteiger partial charge in [0.15, 0.2) is 0 Å². The molecule has 66 valence electrons. The van der Waals surface area contributed by atoms with E-state index in [9.17, 15) is 0 Å². The van der Waals surface area contributed by atoms with Gasteiger partial charge in [0.1, 0.15) is 0 Å². The normalized spacial score (nSPS) is 9.92. The van der Waals surface area contributed by atoms with Gasteiger partial charge < -0.3 is 9.72 Å². The lowest BCUT2D eigenvalue weighted by Gasteiger charge is -1.99. The first-order valence-corrected chi connectivity index (χ1v) is 3.80. The van der Waals surface area contributed by atoms with Crippen molar-refractivity contribution in [2.24, 2.45) is 0 Å². The Morgan fingerprint density at radius 1 is 1.38 bits per heavy atom. The lowest BCUT2D eigenvalue weighted by atomic mass is 10.5. The van der Waals surface area contributed by atoms with Gasteiger partial charge in [-0.2, -0.15) is 0 Å². The average Bonchev–Trinajstić information content (AvgIpc) is 2.57. The van der Waals surface area contributed by atoms with Gasteiger partial charge in [-0.15, -0.1) is 0 Å². The number of ether oxygens (including phenoxy) is 1. The van der Waals surface area contributed by atoms with Crippen LogP contribution in [0.2, 0.25) is 0 Å². The molecule has 0 fully saturated rings. The number of H-pyrrole nitrogens is 1. The van der Waals surface area contributed by atoms with Gasteiger partial charge in [-0.3, -0.25) is 4.98 Å². The molecule has 0 aliphatic heterocycles. The lowest BCUT2D eigenvalue weighted by Crippen LogP contribution is -1.92. The van der Waals surface area contributed by atoms with E-state index < -0.39 is 0 Å². The second-order valence-electron chi connectivity index (χ2n) is 2.50. The van der Waals surface area contributed by atoms with Gasteiger partial charge in [-0.25, -0.2) is 9.97 Å². The molecule has 0 aliphatic rings. The molecule has 0 radical (unpaired) electrons. The molecule has 0 spiro atoms. The van der Waals surface area contributed by atoms with Crippen LogP contribution in [-0.4, -0.2) is 19.9 Å². The zero-order valence-corrected chi connectivity index (χ0v) is 7.06. The van der Waals surface area contributed by atoms with Crippen LogP contribution in [-0.2, 0) is 0 Å². The molecule has 0 saturated carbocycles. The summed E-state index contributed by atoms with van der Waals surface area (Å²) >= 11 is 0. The van der Waals surface area contributed by atoms with E-state index in [1.54, 1.807) is 18.6 Å². The van der Waals surface area contributed by atoms with Gasteiger partial charge >= 0.3 is 0 Å². The molecule has 0 saturated heterocycles. The van der Waals surface area contributed by atoms with Crippen LogP contribution in [0.5, 0.6) is 11.9 Å². The zero-order valence-electron chi connectivity index (χ0n) is 7.06. The topological polar surface area (TPSA) is 63.7 Å². The third-order valence-electron chi connectivity index (χ3n) is 1.41. The van der Waals surface area contributed by atoms with Gasteiger partial charge in [-0.05, 0) is 6.92 Å². The van der Waals surface area contributed by atoms with Gasteiger partial charge in [0.05, 0.1) is 11.9 Å². The maximum Gasteiger partial charge on any atom is 0.300 e. The van der Waals surface area contributed by atoms with Crippen LogP contribution in [0.15, 0.2) is 24.8 Å². The summed E-state index contributed by atoms with van der Waals surface area (Å²) < 4.78 is 5.26. The van der Waals surface area contributed by atoms with Crippen LogP contribution in [0, 0.1) is 6.92 Å². The Morgan fingerprint density at radius 3 is 3.00 bits per heavy atom. The predicted molar refractivity (Wildman–Crippen MR) is 45.4 cm³/mol. The van der Waals surface area contributed by atoms with Crippen molar-refractivity contribution in [2.45, 2.75) is 6.92 Å². The molecule has 0 bridgehead atoms. The van der Waals surface area contributed by atoms with Gasteiger partial charge in [0.2, 0.25) is 5.88 Å². The van der Waals surface area contributed by atoms with Gasteiger partial charge in [0.25, 0.3) is 6.01 Å². The van der Waals surface area contributed by atoms with Crippen molar-refractivity contribution in [3.63, 3.8) is 0 Å². The predicted octanol–water partition coefficient (Wildman–Crippen LogP) is 1.30. The van der Waals surface area contributed by atoms with E-state index in [2.05, 4.69) is 19.9 Å². The largest absolute Gasteiger partial charge is 0.405 e. The molecule has 1 N–H and O–H groups in total. The number of aryl methyl sites for hydroxylation is 1. The minimum absolute atomic E-state index is 0.417. The number of rotatable bonds is 2. The molecular formula is C8H8N4O. The van der Waals surface area contributed by atoms with Crippen LogP contribution in [0.1, 0.15) is 5.69 Å². The maximum absolute atomic E-state index is 5.26. The van der Waals surface area contributed by atoms with E-state index in [1.807, 2.05) is 6.92 Å². The Morgan fingerprint density at radius 2 is 2.31 bits per heavy atom. The Bertz CT molecular complexity index is 385. The number of hydrogen-bond acceptors (Lipinski definition) is 4. The molecule has 0 unspecified atom stereocenters. The summed E-state index contributed by atoms with van der Waals surface area (Å²) in [6.07, 6.45) is 6.49. The molecule has 0 aliphatic carbocycles. The average molecular weight is 176 g/mol. The quantitative estimate of drug-likeness (QED) is 0.749.